The first-order valence-corrected chi connectivity index (χ1v) is 4.08. The topological polar surface area (TPSA) is 75.6 Å². The number of piperidine rings is 1. The smallest absolute Gasteiger partial charge is 0.317 e. The SMILES string of the molecule is O=c1[nH]nnn1C1CCNCC1. The van der Waals surface area contributed by atoms with Crippen LogP contribution in [-0.2, 0) is 0 Å². The molecule has 6 heteroatoms. The minimum absolute atomic E-state index is 0.207. The van der Waals surface area contributed by atoms with E-state index in [1.54, 1.807) is 0 Å². The average molecular weight is 169 g/mol. The fourth-order valence-electron chi connectivity index (χ4n) is 1.50. The van der Waals surface area contributed by atoms with Crippen molar-refractivity contribution in [3.63, 3.8) is 0 Å². The maximum Gasteiger partial charge on any atom is 0.361 e. The molecule has 0 bridgehead atoms. The lowest BCUT2D eigenvalue weighted by Crippen LogP contribution is -2.33. The highest BCUT2D eigenvalue weighted by atomic mass is 16.2. The fraction of sp³-hybridized carbons (Fsp3) is 0.833. The van der Waals surface area contributed by atoms with Gasteiger partial charge < -0.3 is 5.32 Å². The Morgan fingerprint density at radius 2 is 2.17 bits per heavy atom. The van der Waals surface area contributed by atoms with Crippen LogP contribution in [0.3, 0.4) is 0 Å². The van der Waals surface area contributed by atoms with Crippen LogP contribution in [0, 0.1) is 0 Å². The molecule has 66 valence electrons. The number of nitrogens with one attached hydrogen (secondary N) is 2. The Bertz CT molecular complexity index is 297. The van der Waals surface area contributed by atoms with Crippen molar-refractivity contribution in [3.05, 3.63) is 10.5 Å². The van der Waals surface area contributed by atoms with Crippen molar-refractivity contribution >= 4 is 0 Å². The largest absolute Gasteiger partial charge is 0.361 e. The van der Waals surface area contributed by atoms with Gasteiger partial charge in [-0.2, -0.15) is 4.68 Å². The number of hydrogen-bond donors (Lipinski definition) is 2. The lowest BCUT2D eigenvalue weighted by Gasteiger charge is -2.20. The zero-order chi connectivity index (χ0) is 8.39. The molecule has 1 saturated heterocycles. The maximum absolute atomic E-state index is 11.1. The number of hydrogen-bond acceptors (Lipinski definition) is 4. The Balaban J connectivity index is 2.18. The average Bonchev–Trinajstić information content (AvgIpc) is 2.53. The fourth-order valence-corrected chi connectivity index (χ4v) is 1.50. The summed E-state index contributed by atoms with van der Waals surface area (Å²) >= 11 is 0. The number of nitrogens with zero attached hydrogens (tertiary/aromatic N) is 3. The molecular formula is C6H11N5O. The summed E-state index contributed by atoms with van der Waals surface area (Å²) in [5, 5.41) is 12.7. The molecule has 0 spiro atoms. The molecule has 0 aliphatic carbocycles. The number of aromatic nitrogens is 4. The molecule has 1 aliphatic heterocycles. The van der Waals surface area contributed by atoms with Gasteiger partial charge in [0.2, 0.25) is 0 Å². The minimum atomic E-state index is -0.207. The molecule has 2 heterocycles. The summed E-state index contributed by atoms with van der Waals surface area (Å²) in [6.07, 6.45) is 1.90. The summed E-state index contributed by atoms with van der Waals surface area (Å²) in [6.45, 7) is 1.90. The summed E-state index contributed by atoms with van der Waals surface area (Å²) in [6, 6.07) is 0.220. The lowest BCUT2D eigenvalue weighted by molar-refractivity contribution is 0.331. The number of H-pyrrole nitrogens is 1. The Hall–Kier alpha value is -1.17. The first kappa shape index (κ1) is 7.48. The quantitative estimate of drug-likeness (QED) is 0.559. The van der Waals surface area contributed by atoms with Crippen LogP contribution < -0.4 is 11.0 Å². The number of aromatic amines is 1. The first-order valence-electron chi connectivity index (χ1n) is 4.08. The van der Waals surface area contributed by atoms with E-state index in [4.69, 9.17) is 0 Å². The van der Waals surface area contributed by atoms with Crippen molar-refractivity contribution in [1.82, 2.24) is 25.5 Å². The molecule has 0 amide bonds. The molecule has 0 atom stereocenters. The van der Waals surface area contributed by atoms with Crippen molar-refractivity contribution in [2.75, 3.05) is 13.1 Å². The third kappa shape index (κ3) is 1.25. The van der Waals surface area contributed by atoms with Gasteiger partial charge in [0, 0.05) is 0 Å². The summed E-state index contributed by atoms with van der Waals surface area (Å²) < 4.78 is 1.43. The maximum atomic E-state index is 11.1. The van der Waals surface area contributed by atoms with Crippen LogP contribution >= 0.6 is 0 Å². The molecule has 0 aromatic carbocycles. The van der Waals surface area contributed by atoms with Crippen molar-refractivity contribution in [2.24, 2.45) is 0 Å². The zero-order valence-electron chi connectivity index (χ0n) is 6.66. The second-order valence-electron chi connectivity index (χ2n) is 2.93. The Labute approximate surface area is 68.9 Å². The van der Waals surface area contributed by atoms with Gasteiger partial charge in [0.25, 0.3) is 0 Å². The van der Waals surface area contributed by atoms with Crippen molar-refractivity contribution < 1.29 is 0 Å². The van der Waals surface area contributed by atoms with Gasteiger partial charge in [-0.3, -0.25) is 0 Å². The third-order valence-corrected chi connectivity index (χ3v) is 2.15. The van der Waals surface area contributed by atoms with Crippen LogP contribution in [0.2, 0.25) is 0 Å². The van der Waals surface area contributed by atoms with Crippen LogP contribution in [0.4, 0.5) is 0 Å². The lowest BCUT2D eigenvalue weighted by atomic mass is 10.1. The van der Waals surface area contributed by atoms with E-state index in [1.807, 2.05) is 0 Å². The molecule has 12 heavy (non-hydrogen) atoms. The second kappa shape index (κ2) is 3.06. The first-order chi connectivity index (χ1) is 5.88. The van der Waals surface area contributed by atoms with Gasteiger partial charge in [0.15, 0.2) is 0 Å². The zero-order valence-corrected chi connectivity index (χ0v) is 6.66. The van der Waals surface area contributed by atoms with Gasteiger partial charge in [-0.25, -0.2) is 9.89 Å². The van der Waals surface area contributed by atoms with Crippen LogP contribution in [0.25, 0.3) is 0 Å². The molecule has 0 unspecified atom stereocenters. The summed E-state index contributed by atoms with van der Waals surface area (Å²) in [5.74, 6) is 0. The summed E-state index contributed by atoms with van der Waals surface area (Å²) in [5.41, 5.74) is -0.207. The molecule has 2 N–H and O–H groups in total. The van der Waals surface area contributed by atoms with Gasteiger partial charge in [-0.1, -0.05) is 0 Å². The van der Waals surface area contributed by atoms with Crippen LogP contribution in [-0.4, -0.2) is 33.3 Å². The van der Waals surface area contributed by atoms with Crippen LogP contribution in [0.5, 0.6) is 0 Å². The summed E-state index contributed by atoms with van der Waals surface area (Å²) in [4.78, 5) is 11.1. The van der Waals surface area contributed by atoms with E-state index in [0.717, 1.165) is 25.9 Å². The summed E-state index contributed by atoms with van der Waals surface area (Å²) in [7, 11) is 0. The van der Waals surface area contributed by atoms with Crippen LogP contribution in [0.1, 0.15) is 18.9 Å². The molecule has 1 aromatic rings. The molecule has 0 radical (unpaired) electrons. The Morgan fingerprint density at radius 3 is 2.75 bits per heavy atom. The highest BCUT2D eigenvalue weighted by Crippen LogP contribution is 2.13. The van der Waals surface area contributed by atoms with E-state index >= 15 is 0 Å². The normalized spacial score (nSPS) is 19.7. The van der Waals surface area contributed by atoms with Gasteiger partial charge >= 0.3 is 5.69 Å². The van der Waals surface area contributed by atoms with Crippen molar-refractivity contribution in [3.8, 4) is 0 Å². The molecule has 2 rings (SSSR count). The Morgan fingerprint density at radius 1 is 1.42 bits per heavy atom. The number of rotatable bonds is 1. The molecule has 1 aliphatic rings. The van der Waals surface area contributed by atoms with Gasteiger partial charge in [0.05, 0.1) is 6.04 Å². The molecule has 0 saturated carbocycles. The van der Waals surface area contributed by atoms with Crippen molar-refractivity contribution in [2.45, 2.75) is 18.9 Å². The number of tetrazole rings is 1. The van der Waals surface area contributed by atoms with E-state index in [1.165, 1.54) is 4.68 Å². The van der Waals surface area contributed by atoms with Crippen LogP contribution in [0.15, 0.2) is 4.79 Å². The third-order valence-electron chi connectivity index (χ3n) is 2.15. The predicted molar refractivity (Wildman–Crippen MR) is 41.8 cm³/mol. The van der Waals surface area contributed by atoms with E-state index < -0.39 is 0 Å². The van der Waals surface area contributed by atoms with E-state index in [2.05, 4.69) is 20.8 Å². The second-order valence-corrected chi connectivity index (χ2v) is 2.93. The molecule has 6 nitrogen and oxygen atoms in total. The van der Waals surface area contributed by atoms with Gasteiger partial charge in [-0.15, -0.1) is 0 Å². The van der Waals surface area contributed by atoms with E-state index in [-0.39, 0.29) is 11.7 Å². The molecule has 1 fully saturated rings. The standard InChI is InChI=1S/C6H11N5O/c12-6-8-9-10-11(6)5-1-3-7-4-2-5/h5,7H,1-4H2,(H,8,10,12). The van der Waals surface area contributed by atoms with Crippen molar-refractivity contribution in [1.29, 1.82) is 0 Å². The monoisotopic (exact) mass is 169 g/mol. The Kier molecular flexibility index (Phi) is 1.91. The highest BCUT2D eigenvalue weighted by molar-refractivity contribution is 4.73. The van der Waals surface area contributed by atoms with E-state index in [0.29, 0.717) is 0 Å². The highest BCUT2D eigenvalue weighted by Gasteiger charge is 2.17. The van der Waals surface area contributed by atoms with Gasteiger partial charge in [-0.05, 0) is 36.4 Å². The van der Waals surface area contributed by atoms with Gasteiger partial charge in [0.1, 0.15) is 0 Å². The minimum Gasteiger partial charge on any atom is -0.317 e. The molecular weight excluding hydrogens is 158 g/mol. The molecule has 1 aromatic heterocycles. The predicted octanol–water partition coefficient (Wildman–Crippen LogP) is -1.11. The van der Waals surface area contributed by atoms with E-state index in [9.17, 15) is 4.79 Å².